The normalized spacial score (nSPS) is 23.9. The van der Waals surface area contributed by atoms with E-state index in [1.807, 2.05) is 11.8 Å². The first kappa shape index (κ1) is 15.1. The topological polar surface area (TPSA) is 92.9 Å². The van der Waals surface area contributed by atoms with Crippen LogP contribution in [-0.2, 0) is 14.6 Å². The zero-order chi connectivity index (χ0) is 14.9. The summed E-state index contributed by atoms with van der Waals surface area (Å²) in [6.45, 7) is 2.92. The summed E-state index contributed by atoms with van der Waals surface area (Å²) in [6, 6.07) is 4.97. The van der Waals surface area contributed by atoms with Crippen molar-refractivity contribution in [3.8, 4) is 0 Å². The second kappa shape index (κ2) is 5.59. The van der Waals surface area contributed by atoms with Gasteiger partial charge in [0.15, 0.2) is 9.84 Å². The summed E-state index contributed by atoms with van der Waals surface area (Å²) in [5.74, 6) is 0. The number of ether oxygens (including phenoxy) is 1. The molecule has 0 radical (unpaired) electrons. The molecule has 2 atom stereocenters. The van der Waals surface area contributed by atoms with Gasteiger partial charge in [0, 0.05) is 19.3 Å². The molecule has 1 heterocycles. The maximum absolute atomic E-state index is 11.7. The lowest BCUT2D eigenvalue weighted by Gasteiger charge is -2.38. The number of rotatable bonds is 3. The summed E-state index contributed by atoms with van der Waals surface area (Å²) in [5.41, 5.74) is 6.93. The molecule has 1 aliphatic heterocycles. The van der Waals surface area contributed by atoms with Crippen LogP contribution in [0.4, 0.5) is 11.4 Å². The highest BCUT2D eigenvalue weighted by molar-refractivity contribution is 7.90. The van der Waals surface area contributed by atoms with Crippen LogP contribution in [-0.4, -0.2) is 51.7 Å². The van der Waals surface area contributed by atoms with Gasteiger partial charge < -0.3 is 20.5 Å². The number of sulfone groups is 1. The van der Waals surface area contributed by atoms with Crippen LogP contribution >= 0.6 is 0 Å². The molecule has 3 N–H and O–H groups in total. The van der Waals surface area contributed by atoms with Gasteiger partial charge in [0.25, 0.3) is 0 Å². The Balaban J connectivity index is 2.38. The first-order valence-electron chi connectivity index (χ1n) is 6.42. The number of nitrogens with two attached hydrogens (primary N) is 1. The van der Waals surface area contributed by atoms with Crippen molar-refractivity contribution in [1.29, 1.82) is 0 Å². The molecule has 0 spiro atoms. The molecular formula is C13H20N2O4S. The van der Waals surface area contributed by atoms with Crippen LogP contribution in [0.25, 0.3) is 0 Å². The zero-order valence-corrected chi connectivity index (χ0v) is 12.4. The molecule has 1 aromatic rings. The molecule has 1 aromatic carbocycles. The molecule has 1 aliphatic rings. The van der Waals surface area contributed by atoms with Crippen LogP contribution in [0.3, 0.4) is 0 Å². The molecule has 0 saturated carbocycles. The Morgan fingerprint density at radius 1 is 1.45 bits per heavy atom. The van der Waals surface area contributed by atoms with Gasteiger partial charge in [-0.05, 0) is 19.1 Å². The van der Waals surface area contributed by atoms with Crippen LogP contribution in [0.1, 0.15) is 6.92 Å². The fourth-order valence-electron chi connectivity index (χ4n) is 2.47. The summed E-state index contributed by atoms with van der Waals surface area (Å²) in [4.78, 5) is 2.09. The minimum absolute atomic E-state index is 0.0535. The van der Waals surface area contributed by atoms with Crippen molar-refractivity contribution < 1.29 is 18.3 Å². The fraction of sp³-hybridized carbons (Fsp3) is 0.538. The monoisotopic (exact) mass is 300 g/mol. The van der Waals surface area contributed by atoms with Crippen LogP contribution in [0.15, 0.2) is 23.1 Å². The fourth-order valence-corrected chi connectivity index (χ4v) is 3.30. The third kappa shape index (κ3) is 3.05. The van der Waals surface area contributed by atoms with Crippen LogP contribution in [0.5, 0.6) is 0 Å². The number of aliphatic hydroxyl groups is 1. The first-order chi connectivity index (χ1) is 9.32. The molecule has 7 heteroatoms. The van der Waals surface area contributed by atoms with E-state index < -0.39 is 9.84 Å². The van der Waals surface area contributed by atoms with Crippen molar-refractivity contribution in [2.75, 3.05) is 36.6 Å². The number of para-hydroxylation sites is 1. The van der Waals surface area contributed by atoms with Crippen LogP contribution in [0, 0.1) is 0 Å². The Hall–Kier alpha value is -1.31. The maximum atomic E-state index is 11.7. The van der Waals surface area contributed by atoms with Gasteiger partial charge in [0.2, 0.25) is 0 Å². The average Bonchev–Trinajstić information content (AvgIpc) is 2.36. The van der Waals surface area contributed by atoms with E-state index in [1.54, 1.807) is 12.1 Å². The van der Waals surface area contributed by atoms with Crippen LogP contribution in [0.2, 0.25) is 0 Å². The van der Waals surface area contributed by atoms with Gasteiger partial charge in [-0.25, -0.2) is 8.42 Å². The van der Waals surface area contributed by atoms with Gasteiger partial charge in [-0.3, -0.25) is 0 Å². The lowest BCUT2D eigenvalue weighted by atomic mass is 10.1. The minimum atomic E-state index is -3.36. The Bertz CT molecular complexity index is 588. The van der Waals surface area contributed by atoms with E-state index in [0.29, 0.717) is 18.8 Å². The predicted octanol–water partition coefficient (Wildman–Crippen LogP) is 0.258. The van der Waals surface area contributed by atoms with Crippen molar-refractivity contribution in [2.24, 2.45) is 0 Å². The van der Waals surface area contributed by atoms with Crippen molar-refractivity contribution in [3.05, 3.63) is 18.2 Å². The molecule has 0 bridgehead atoms. The number of nitrogens with zero attached hydrogens (tertiary/aromatic N) is 1. The van der Waals surface area contributed by atoms with Crippen molar-refractivity contribution in [2.45, 2.75) is 24.0 Å². The molecule has 0 amide bonds. The van der Waals surface area contributed by atoms with Gasteiger partial charge in [-0.15, -0.1) is 0 Å². The molecule has 112 valence electrons. The summed E-state index contributed by atoms with van der Waals surface area (Å²) in [7, 11) is -3.36. The van der Waals surface area contributed by atoms with Crippen molar-refractivity contribution in [3.63, 3.8) is 0 Å². The third-order valence-electron chi connectivity index (χ3n) is 3.31. The Labute approximate surface area is 119 Å². The number of hydrogen-bond acceptors (Lipinski definition) is 6. The van der Waals surface area contributed by atoms with Gasteiger partial charge in [-0.1, -0.05) is 6.07 Å². The van der Waals surface area contributed by atoms with Gasteiger partial charge in [-0.2, -0.15) is 0 Å². The molecule has 0 aliphatic carbocycles. The minimum Gasteiger partial charge on any atom is -0.396 e. The average molecular weight is 300 g/mol. The van der Waals surface area contributed by atoms with E-state index in [1.165, 1.54) is 6.07 Å². The second-order valence-corrected chi connectivity index (χ2v) is 7.10. The van der Waals surface area contributed by atoms with Gasteiger partial charge in [0.05, 0.1) is 35.1 Å². The summed E-state index contributed by atoms with van der Waals surface area (Å²) in [6.07, 6.45) is 0.795. The summed E-state index contributed by atoms with van der Waals surface area (Å²) >= 11 is 0. The predicted molar refractivity (Wildman–Crippen MR) is 77.6 cm³/mol. The smallest absolute Gasteiger partial charge is 0.177 e. The van der Waals surface area contributed by atoms with E-state index in [2.05, 4.69) is 0 Å². The summed E-state index contributed by atoms with van der Waals surface area (Å²) < 4.78 is 29.0. The number of hydrogen-bond donors (Lipinski definition) is 2. The largest absolute Gasteiger partial charge is 0.396 e. The van der Waals surface area contributed by atoms with E-state index in [4.69, 9.17) is 10.5 Å². The van der Waals surface area contributed by atoms with E-state index >= 15 is 0 Å². The standard InChI is InChI=1S/C13H20N2O4S/c1-9-6-15(7-10(8-16)19-9)11-4-3-5-12(13(11)14)20(2,17)18/h3-5,9-10,16H,6-8,14H2,1-2H3. The molecule has 2 unspecified atom stereocenters. The quantitative estimate of drug-likeness (QED) is 0.778. The van der Waals surface area contributed by atoms with Crippen LogP contribution < -0.4 is 10.6 Å². The van der Waals surface area contributed by atoms with Gasteiger partial charge >= 0.3 is 0 Å². The third-order valence-corrected chi connectivity index (χ3v) is 4.47. The van der Waals surface area contributed by atoms with Gasteiger partial charge in [0.1, 0.15) is 0 Å². The summed E-state index contributed by atoms with van der Waals surface area (Å²) in [5, 5.41) is 9.25. The lowest BCUT2D eigenvalue weighted by Crippen LogP contribution is -2.48. The number of aliphatic hydroxyl groups excluding tert-OH is 1. The maximum Gasteiger partial charge on any atom is 0.177 e. The number of nitrogen functional groups attached to an aromatic ring is 1. The first-order valence-corrected chi connectivity index (χ1v) is 8.32. The lowest BCUT2D eigenvalue weighted by molar-refractivity contribution is -0.0420. The molecule has 20 heavy (non-hydrogen) atoms. The number of benzene rings is 1. The van der Waals surface area contributed by atoms with Crippen molar-refractivity contribution >= 4 is 21.2 Å². The molecule has 1 fully saturated rings. The SMILES string of the molecule is CC1CN(c2cccc(S(C)(=O)=O)c2N)CC(CO)O1. The molecule has 1 saturated heterocycles. The van der Waals surface area contributed by atoms with E-state index in [-0.39, 0.29) is 29.4 Å². The highest BCUT2D eigenvalue weighted by atomic mass is 32.2. The number of anilines is 2. The Kier molecular flexibility index (Phi) is 4.22. The molecule has 6 nitrogen and oxygen atoms in total. The second-order valence-electron chi connectivity index (χ2n) is 5.12. The van der Waals surface area contributed by atoms with Crippen molar-refractivity contribution in [1.82, 2.24) is 0 Å². The molecule has 0 aromatic heterocycles. The Morgan fingerprint density at radius 2 is 2.15 bits per heavy atom. The highest BCUT2D eigenvalue weighted by Crippen LogP contribution is 2.31. The molecule has 2 rings (SSSR count). The molecular weight excluding hydrogens is 280 g/mol. The highest BCUT2D eigenvalue weighted by Gasteiger charge is 2.27. The van der Waals surface area contributed by atoms with E-state index in [9.17, 15) is 13.5 Å². The number of morpholine rings is 1. The Morgan fingerprint density at radius 3 is 2.75 bits per heavy atom. The van der Waals surface area contributed by atoms with E-state index in [0.717, 1.165) is 6.26 Å². The zero-order valence-electron chi connectivity index (χ0n) is 11.6.